The summed E-state index contributed by atoms with van der Waals surface area (Å²) in [5.74, 6) is 0.964. The van der Waals surface area contributed by atoms with Crippen molar-refractivity contribution in [2.75, 3.05) is 6.61 Å². The first-order valence-electron chi connectivity index (χ1n) is 12.2. The average Bonchev–Trinajstić information content (AvgIpc) is 2.79. The van der Waals surface area contributed by atoms with Gasteiger partial charge < -0.3 is 4.74 Å². The maximum atomic E-state index is 13.1. The predicted molar refractivity (Wildman–Crippen MR) is 121 cm³/mol. The minimum Gasteiger partial charge on any atom is -0.378 e. The van der Waals surface area contributed by atoms with Crippen LogP contribution in [-0.4, -0.2) is 12.7 Å². The Labute approximate surface area is 182 Å². The van der Waals surface area contributed by atoms with Crippen LogP contribution in [0, 0.1) is 23.2 Å². The zero-order valence-electron chi connectivity index (χ0n) is 18.6. The van der Waals surface area contributed by atoms with Crippen molar-refractivity contribution in [2.24, 2.45) is 11.8 Å². The molecular weight excluding hydrogens is 373 g/mol. The first kappa shape index (κ1) is 23.0. The first-order chi connectivity index (χ1) is 14.7. The Morgan fingerprint density at radius 3 is 2.37 bits per heavy atom. The second-order valence-corrected chi connectivity index (χ2v) is 9.41. The van der Waals surface area contributed by atoms with Crippen LogP contribution < -0.4 is 0 Å². The van der Waals surface area contributed by atoms with Crippen LogP contribution in [0.25, 0.3) is 0 Å². The molecule has 30 heavy (non-hydrogen) atoms. The average molecular weight is 412 g/mol. The molecule has 0 unspecified atom stereocenters. The Bertz CT molecular complexity index is 689. The van der Waals surface area contributed by atoms with Crippen molar-refractivity contribution in [2.45, 2.75) is 96.0 Å². The number of halogens is 1. The van der Waals surface area contributed by atoms with E-state index in [-0.39, 0.29) is 5.92 Å². The molecule has 0 bridgehead atoms. The number of allylic oxidation sites excluding steroid dienone is 2. The highest BCUT2D eigenvalue weighted by Crippen LogP contribution is 2.37. The minimum atomic E-state index is -0.637. The van der Waals surface area contributed by atoms with Crippen LogP contribution in [0.5, 0.6) is 0 Å². The largest absolute Gasteiger partial charge is 0.378 e. The Kier molecular flexibility index (Phi) is 9.40. The normalized spacial score (nSPS) is 27.6. The van der Waals surface area contributed by atoms with E-state index in [0.717, 1.165) is 32.3 Å². The van der Waals surface area contributed by atoms with Crippen LogP contribution in [0.3, 0.4) is 0 Å². The molecule has 1 aromatic carbocycles. The van der Waals surface area contributed by atoms with Gasteiger partial charge in [-0.3, -0.25) is 0 Å². The fourth-order valence-corrected chi connectivity index (χ4v) is 5.14. The smallest absolute Gasteiger partial charge is 0.196 e. The lowest BCUT2D eigenvalue weighted by Gasteiger charge is -2.32. The van der Waals surface area contributed by atoms with Crippen LogP contribution in [0.1, 0.15) is 94.6 Å². The van der Waals surface area contributed by atoms with E-state index in [2.05, 4.69) is 31.2 Å². The van der Waals surface area contributed by atoms with Crippen molar-refractivity contribution in [3.8, 4) is 6.07 Å². The maximum absolute atomic E-state index is 13.1. The molecule has 1 aromatic rings. The summed E-state index contributed by atoms with van der Waals surface area (Å²) >= 11 is 0. The number of rotatable bonds is 9. The molecule has 0 aromatic heterocycles. The molecule has 0 radical (unpaired) electrons. The van der Waals surface area contributed by atoms with Crippen LogP contribution in [-0.2, 0) is 11.2 Å². The monoisotopic (exact) mass is 411 g/mol. The lowest BCUT2D eigenvalue weighted by Crippen LogP contribution is -2.25. The molecule has 0 aliphatic heterocycles. The highest BCUT2D eigenvalue weighted by atomic mass is 19.1. The third-order valence-corrected chi connectivity index (χ3v) is 7.14. The second kappa shape index (κ2) is 12.3. The Morgan fingerprint density at radius 1 is 1.03 bits per heavy atom. The van der Waals surface area contributed by atoms with E-state index in [0.29, 0.717) is 17.9 Å². The number of nitrogens with zero attached hydrogens (tertiary/aromatic N) is 1. The third-order valence-electron chi connectivity index (χ3n) is 7.14. The van der Waals surface area contributed by atoms with E-state index < -0.39 is 5.83 Å². The summed E-state index contributed by atoms with van der Waals surface area (Å²) in [4.78, 5) is 0. The maximum Gasteiger partial charge on any atom is 0.196 e. The lowest BCUT2D eigenvalue weighted by atomic mass is 9.78. The van der Waals surface area contributed by atoms with Crippen LogP contribution in [0.4, 0.5) is 4.39 Å². The molecule has 2 nitrogen and oxygen atoms in total. The van der Waals surface area contributed by atoms with Gasteiger partial charge in [0.25, 0.3) is 0 Å². The van der Waals surface area contributed by atoms with Crippen LogP contribution >= 0.6 is 0 Å². The minimum absolute atomic E-state index is 0.206. The first-order valence-corrected chi connectivity index (χ1v) is 12.2. The van der Waals surface area contributed by atoms with Gasteiger partial charge in [0, 0.05) is 6.61 Å². The van der Waals surface area contributed by atoms with Gasteiger partial charge in [-0.25, -0.2) is 0 Å². The van der Waals surface area contributed by atoms with Crippen LogP contribution in [0.2, 0.25) is 0 Å². The predicted octanol–water partition coefficient (Wildman–Crippen LogP) is 7.65. The number of hydrogen-bond donors (Lipinski definition) is 0. The molecular formula is C27H38FNO. The molecule has 0 N–H and O–H groups in total. The van der Waals surface area contributed by atoms with Crippen molar-refractivity contribution in [3.63, 3.8) is 0 Å². The number of unbranched alkanes of at least 4 members (excludes halogenated alkanes) is 2. The molecule has 0 amide bonds. The second-order valence-electron chi connectivity index (χ2n) is 9.41. The molecule has 0 heterocycles. The number of nitriles is 1. The van der Waals surface area contributed by atoms with E-state index in [1.807, 2.05) is 0 Å². The summed E-state index contributed by atoms with van der Waals surface area (Å²) < 4.78 is 19.3. The van der Waals surface area contributed by atoms with Gasteiger partial charge in [0.05, 0.1) is 6.10 Å². The highest BCUT2D eigenvalue weighted by Gasteiger charge is 2.25. The van der Waals surface area contributed by atoms with Gasteiger partial charge in [0.2, 0.25) is 0 Å². The van der Waals surface area contributed by atoms with Gasteiger partial charge in [-0.1, -0.05) is 44.0 Å². The molecule has 0 spiro atoms. The van der Waals surface area contributed by atoms with Crippen molar-refractivity contribution < 1.29 is 9.13 Å². The van der Waals surface area contributed by atoms with Crippen molar-refractivity contribution in [1.29, 1.82) is 5.26 Å². The van der Waals surface area contributed by atoms with E-state index in [1.165, 1.54) is 68.6 Å². The van der Waals surface area contributed by atoms with Gasteiger partial charge in [0.15, 0.2) is 5.83 Å². The Hall–Kier alpha value is -1.66. The van der Waals surface area contributed by atoms with E-state index >= 15 is 0 Å². The van der Waals surface area contributed by atoms with Crippen molar-refractivity contribution in [3.05, 3.63) is 47.3 Å². The van der Waals surface area contributed by atoms with Gasteiger partial charge in [-0.05, 0) is 99.2 Å². The molecule has 2 fully saturated rings. The molecule has 2 aliphatic carbocycles. The summed E-state index contributed by atoms with van der Waals surface area (Å²) in [6.07, 6.45) is 15.8. The molecule has 2 aliphatic rings. The summed E-state index contributed by atoms with van der Waals surface area (Å²) in [5, 5.41) is 8.57. The summed E-state index contributed by atoms with van der Waals surface area (Å²) in [7, 11) is 0. The van der Waals surface area contributed by atoms with E-state index in [4.69, 9.17) is 10.00 Å². The zero-order valence-corrected chi connectivity index (χ0v) is 18.6. The summed E-state index contributed by atoms with van der Waals surface area (Å²) in [5.41, 5.74) is 3.00. The van der Waals surface area contributed by atoms with Crippen molar-refractivity contribution >= 4 is 0 Å². The zero-order chi connectivity index (χ0) is 21.2. The topological polar surface area (TPSA) is 33.0 Å². The van der Waals surface area contributed by atoms with Gasteiger partial charge in [-0.15, -0.1) is 0 Å². The third kappa shape index (κ3) is 7.24. The Morgan fingerprint density at radius 2 is 1.73 bits per heavy atom. The van der Waals surface area contributed by atoms with Gasteiger partial charge in [-0.2, -0.15) is 9.65 Å². The molecule has 3 rings (SSSR count). The fraction of sp³-hybridized carbons (Fsp3) is 0.667. The SMILES string of the molecule is CCCCCc1ccc(C2CCC(COC3CCC(/C=C(/F)C#N)CC3)CC2)cc1. The summed E-state index contributed by atoms with van der Waals surface area (Å²) in [6, 6.07) is 11.0. The van der Waals surface area contributed by atoms with Crippen molar-refractivity contribution in [1.82, 2.24) is 0 Å². The summed E-state index contributed by atoms with van der Waals surface area (Å²) in [6.45, 7) is 3.13. The molecule has 2 saturated carbocycles. The van der Waals surface area contributed by atoms with E-state index in [1.54, 1.807) is 6.07 Å². The lowest BCUT2D eigenvalue weighted by molar-refractivity contribution is -0.00465. The molecule has 3 heteroatoms. The van der Waals surface area contributed by atoms with Gasteiger partial charge >= 0.3 is 0 Å². The molecule has 0 saturated heterocycles. The van der Waals surface area contributed by atoms with E-state index in [9.17, 15) is 4.39 Å². The fourth-order valence-electron chi connectivity index (χ4n) is 5.14. The standard InChI is InChI=1S/C27H38FNO/c1-2-3-4-5-21-6-12-24(13-7-21)25-14-8-23(9-15-25)20-30-27-16-10-22(11-17-27)18-26(28)19-29/h6-7,12-13,18,22-23,25,27H,2-5,8-11,14-17,20H2,1H3/b26-18+. The van der Waals surface area contributed by atoms with Crippen LogP contribution in [0.15, 0.2) is 36.2 Å². The number of aryl methyl sites for hydroxylation is 1. The quantitative estimate of drug-likeness (QED) is 0.309. The highest BCUT2D eigenvalue weighted by molar-refractivity contribution is 5.26. The number of hydrogen-bond acceptors (Lipinski definition) is 2. The number of ether oxygens (including phenoxy) is 1. The van der Waals surface area contributed by atoms with Gasteiger partial charge in [0.1, 0.15) is 6.07 Å². The molecule has 164 valence electrons. The Balaban J connectivity index is 1.34. The molecule has 0 atom stereocenters. The number of benzene rings is 1.